The maximum absolute atomic E-state index is 12.5. The van der Waals surface area contributed by atoms with Crippen LogP contribution in [0.2, 0.25) is 0 Å². The average molecular weight is 342 g/mol. The molecule has 0 radical (unpaired) electrons. The molecule has 0 aromatic heterocycles. The number of likely N-dealkylation sites (N-methyl/N-ethyl adjacent to an activating group) is 1. The number of nitro groups is 1. The minimum Gasteiger partial charge on any atom is -0.337 e. The summed E-state index contributed by atoms with van der Waals surface area (Å²) in [5.74, 6) is -0.162. The zero-order chi connectivity index (χ0) is 14.9. The molecule has 1 aliphatic heterocycles. The van der Waals surface area contributed by atoms with Crippen LogP contribution in [0.25, 0.3) is 0 Å². The highest BCUT2D eigenvalue weighted by Crippen LogP contribution is 2.30. The van der Waals surface area contributed by atoms with Gasteiger partial charge in [-0.3, -0.25) is 14.9 Å². The Balaban J connectivity index is 2.23. The minimum atomic E-state index is -0.493. The molecule has 1 heterocycles. The second-order valence-corrected chi connectivity index (χ2v) is 5.85. The number of rotatable bonds is 3. The van der Waals surface area contributed by atoms with Crippen molar-refractivity contribution >= 4 is 27.5 Å². The van der Waals surface area contributed by atoms with Crippen molar-refractivity contribution in [3.8, 4) is 0 Å². The number of nitrogens with zero attached hydrogens (tertiary/aromatic N) is 3. The lowest BCUT2D eigenvalue weighted by molar-refractivity contribution is -0.385. The number of nitro benzene ring substituents is 1. The van der Waals surface area contributed by atoms with Gasteiger partial charge in [-0.25, -0.2) is 0 Å². The monoisotopic (exact) mass is 341 g/mol. The first-order chi connectivity index (χ1) is 9.41. The standard InChI is InChI=1S/C13H16BrN3O3/c1-15(2)9-6-7-16(8-9)13(18)10-4-3-5-11(12(10)14)17(19)20/h3-5,9H,6-8H2,1-2H3. The fraction of sp³-hybridized carbons (Fsp3) is 0.462. The van der Waals surface area contributed by atoms with Gasteiger partial charge in [0.15, 0.2) is 0 Å². The first kappa shape index (κ1) is 14.9. The maximum atomic E-state index is 12.5. The Morgan fingerprint density at radius 1 is 1.50 bits per heavy atom. The normalized spacial score (nSPS) is 18.6. The van der Waals surface area contributed by atoms with Crippen molar-refractivity contribution in [1.82, 2.24) is 9.80 Å². The SMILES string of the molecule is CN(C)C1CCN(C(=O)c2cccc([N+](=O)[O-])c2Br)C1. The van der Waals surface area contributed by atoms with E-state index in [2.05, 4.69) is 20.8 Å². The van der Waals surface area contributed by atoms with Gasteiger partial charge in [0.2, 0.25) is 0 Å². The molecule has 0 spiro atoms. The van der Waals surface area contributed by atoms with E-state index in [0.29, 0.717) is 24.7 Å². The summed E-state index contributed by atoms with van der Waals surface area (Å²) in [6, 6.07) is 4.88. The third-order valence-electron chi connectivity index (χ3n) is 3.59. The van der Waals surface area contributed by atoms with Crippen LogP contribution in [-0.2, 0) is 0 Å². The summed E-state index contributed by atoms with van der Waals surface area (Å²) in [6.45, 7) is 1.33. The molecule has 7 heteroatoms. The predicted molar refractivity (Wildman–Crippen MR) is 78.8 cm³/mol. The molecule has 1 aromatic rings. The molecule has 108 valence electrons. The largest absolute Gasteiger partial charge is 0.337 e. The summed E-state index contributed by atoms with van der Waals surface area (Å²) in [5, 5.41) is 10.9. The molecule has 1 amide bonds. The fourth-order valence-electron chi connectivity index (χ4n) is 2.34. The lowest BCUT2D eigenvalue weighted by Gasteiger charge is -2.20. The van der Waals surface area contributed by atoms with Crippen molar-refractivity contribution in [3.05, 3.63) is 38.3 Å². The van der Waals surface area contributed by atoms with Crippen LogP contribution >= 0.6 is 15.9 Å². The average Bonchev–Trinajstić information content (AvgIpc) is 2.87. The quantitative estimate of drug-likeness (QED) is 0.624. The summed E-state index contributed by atoms with van der Waals surface area (Å²) in [4.78, 5) is 26.7. The summed E-state index contributed by atoms with van der Waals surface area (Å²) < 4.78 is 0.253. The molecule has 0 bridgehead atoms. The number of likely N-dealkylation sites (tertiary alicyclic amines) is 1. The Labute approximate surface area is 125 Å². The van der Waals surface area contributed by atoms with Crippen LogP contribution in [0, 0.1) is 10.1 Å². The van der Waals surface area contributed by atoms with Gasteiger partial charge in [0, 0.05) is 25.2 Å². The van der Waals surface area contributed by atoms with Gasteiger partial charge in [0.05, 0.1) is 10.5 Å². The van der Waals surface area contributed by atoms with Crippen LogP contribution < -0.4 is 0 Å². The highest BCUT2D eigenvalue weighted by atomic mass is 79.9. The molecule has 0 saturated carbocycles. The molecule has 1 fully saturated rings. The molecule has 0 N–H and O–H groups in total. The summed E-state index contributed by atoms with van der Waals surface area (Å²) >= 11 is 3.17. The van der Waals surface area contributed by atoms with Gasteiger partial charge < -0.3 is 9.80 Å². The van der Waals surface area contributed by atoms with Gasteiger partial charge in [-0.15, -0.1) is 0 Å². The number of hydrogen-bond donors (Lipinski definition) is 0. The molecular formula is C13H16BrN3O3. The van der Waals surface area contributed by atoms with Crippen molar-refractivity contribution in [2.45, 2.75) is 12.5 Å². The van der Waals surface area contributed by atoms with Crippen LogP contribution in [-0.4, -0.2) is 53.9 Å². The van der Waals surface area contributed by atoms with Crippen LogP contribution in [0.4, 0.5) is 5.69 Å². The van der Waals surface area contributed by atoms with Crippen molar-refractivity contribution in [2.24, 2.45) is 0 Å². The second kappa shape index (κ2) is 5.88. The third kappa shape index (κ3) is 2.83. The van der Waals surface area contributed by atoms with Crippen LogP contribution in [0.1, 0.15) is 16.8 Å². The molecule has 1 unspecified atom stereocenters. The predicted octanol–water partition coefficient (Wildman–Crippen LogP) is 2.13. The van der Waals surface area contributed by atoms with Gasteiger partial charge in [0.1, 0.15) is 4.47 Å². The molecule has 20 heavy (non-hydrogen) atoms. The van der Waals surface area contributed by atoms with Gasteiger partial charge in [0.25, 0.3) is 11.6 Å². The van der Waals surface area contributed by atoms with Crippen molar-refractivity contribution < 1.29 is 9.72 Å². The van der Waals surface area contributed by atoms with E-state index in [0.717, 1.165) is 6.42 Å². The minimum absolute atomic E-state index is 0.0841. The summed E-state index contributed by atoms with van der Waals surface area (Å²) in [7, 11) is 3.98. The first-order valence-electron chi connectivity index (χ1n) is 6.30. The molecule has 6 nitrogen and oxygen atoms in total. The Kier molecular flexibility index (Phi) is 4.39. The molecule has 1 aromatic carbocycles. The van der Waals surface area contributed by atoms with E-state index < -0.39 is 4.92 Å². The fourth-order valence-corrected chi connectivity index (χ4v) is 2.92. The van der Waals surface area contributed by atoms with Crippen molar-refractivity contribution in [2.75, 3.05) is 27.2 Å². The number of halogens is 1. The Hall–Kier alpha value is -1.47. The van der Waals surface area contributed by atoms with E-state index in [1.807, 2.05) is 14.1 Å². The lowest BCUT2D eigenvalue weighted by Crippen LogP contribution is -2.34. The van der Waals surface area contributed by atoms with E-state index in [1.165, 1.54) is 12.1 Å². The smallest absolute Gasteiger partial charge is 0.284 e. The third-order valence-corrected chi connectivity index (χ3v) is 4.42. The van der Waals surface area contributed by atoms with Crippen molar-refractivity contribution in [1.29, 1.82) is 0 Å². The molecule has 0 aliphatic carbocycles. The Bertz CT molecular complexity index is 548. The highest BCUT2D eigenvalue weighted by molar-refractivity contribution is 9.10. The number of hydrogen-bond acceptors (Lipinski definition) is 4. The van der Waals surface area contributed by atoms with Gasteiger partial charge in [-0.2, -0.15) is 0 Å². The van der Waals surface area contributed by atoms with E-state index in [4.69, 9.17) is 0 Å². The molecular weight excluding hydrogens is 326 g/mol. The van der Waals surface area contributed by atoms with E-state index in [-0.39, 0.29) is 16.1 Å². The first-order valence-corrected chi connectivity index (χ1v) is 7.09. The molecule has 1 atom stereocenters. The zero-order valence-corrected chi connectivity index (χ0v) is 13.0. The van der Waals surface area contributed by atoms with E-state index >= 15 is 0 Å². The van der Waals surface area contributed by atoms with Crippen LogP contribution in [0.5, 0.6) is 0 Å². The van der Waals surface area contributed by atoms with Crippen LogP contribution in [0.15, 0.2) is 22.7 Å². The number of amides is 1. The Morgan fingerprint density at radius 2 is 2.20 bits per heavy atom. The van der Waals surface area contributed by atoms with E-state index in [1.54, 1.807) is 11.0 Å². The van der Waals surface area contributed by atoms with Crippen LogP contribution in [0.3, 0.4) is 0 Å². The molecule has 1 aliphatic rings. The number of carbonyl (C=O) groups is 1. The second-order valence-electron chi connectivity index (χ2n) is 5.05. The van der Waals surface area contributed by atoms with E-state index in [9.17, 15) is 14.9 Å². The highest BCUT2D eigenvalue weighted by Gasteiger charge is 2.30. The summed E-state index contributed by atoms with van der Waals surface area (Å²) in [6.07, 6.45) is 0.922. The molecule has 2 rings (SSSR count). The van der Waals surface area contributed by atoms with Gasteiger partial charge in [-0.1, -0.05) is 6.07 Å². The number of carbonyl (C=O) groups excluding carboxylic acids is 1. The van der Waals surface area contributed by atoms with Gasteiger partial charge in [-0.05, 0) is 42.5 Å². The zero-order valence-electron chi connectivity index (χ0n) is 11.4. The Morgan fingerprint density at radius 3 is 2.75 bits per heavy atom. The van der Waals surface area contributed by atoms with Gasteiger partial charge >= 0.3 is 0 Å². The lowest BCUT2D eigenvalue weighted by atomic mass is 10.2. The topological polar surface area (TPSA) is 66.7 Å². The van der Waals surface area contributed by atoms with Crippen molar-refractivity contribution in [3.63, 3.8) is 0 Å². The summed E-state index contributed by atoms with van der Waals surface area (Å²) in [5.41, 5.74) is 0.262. The number of benzene rings is 1. The maximum Gasteiger partial charge on any atom is 0.284 e. The molecule has 1 saturated heterocycles.